The lowest BCUT2D eigenvalue weighted by atomic mass is 10.0. The maximum Gasteiger partial charge on any atom is 0.213 e. The van der Waals surface area contributed by atoms with E-state index in [0.29, 0.717) is 0 Å². The molecule has 0 spiro atoms. The Morgan fingerprint density at radius 3 is 2.50 bits per heavy atom. The van der Waals surface area contributed by atoms with Gasteiger partial charge >= 0.3 is 0 Å². The van der Waals surface area contributed by atoms with Crippen molar-refractivity contribution in [1.82, 2.24) is 0 Å². The van der Waals surface area contributed by atoms with Gasteiger partial charge in [0.1, 0.15) is 0 Å². The van der Waals surface area contributed by atoms with Crippen molar-refractivity contribution in [2.24, 2.45) is 0 Å². The molecule has 2 aromatic rings. The lowest BCUT2D eigenvalue weighted by Gasteiger charge is -2.06. The lowest BCUT2D eigenvalue weighted by Crippen LogP contribution is -2.21. The van der Waals surface area contributed by atoms with Gasteiger partial charge in [-0.3, -0.25) is 4.79 Å². The average molecular weight is 216 g/mol. The maximum atomic E-state index is 11.3. The molecule has 82 valence electrons. The fraction of sp³-hybridized carbons (Fsp3) is 0.154. The molecule has 0 aliphatic carbocycles. The second-order valence-electron chi connectivity index (χ2n) is 3.66. The zero-order chi connectivity index (χ0) is 11.5. The number of aliphatic hydroxyl groups excluding tert-OH is 1. The predicted octanol–water partition coefficient (Wildman–Crippen LogP) is 1.26. The number of rotatable bonds is 3. The van der Waals surface area contributed by atoms with Gasteiger partial charge in [-0.25, -0.2) is 0 Å². The highest BCUT2D eigenvalue weighted by molar-refractivity contribution is 5.91. The normalized spacial score (nSPS) is 10.9. The molecule has 0 aliphatic rings. The number of aliphatic hydroxyl groups is 2. The predicted molar refractivity (Wildman–Crippen MR) is 60.9 cm³/mol. The molecular formula is C13H12O3. The van der Waals surface area contributed by atoms with Gasteiger partial charge in [0.05, 0.1) is 0 Å². The van der Waals surface area contributed by atoms with Crippen molar-refractivity contribution in [3.63, 3.8) is 0 Å². The Labute approximate surface area is 93.0 Å². The summed E-state index contributed by atoms with van der Waals surface area (Å²) in [5, 5.41) is 19.5. The highest BCUT2D eigenvalue weighted by Gasteiger charge is 2.12. The van der Waals surface area contributed by atoms with Gasteiger partial charge in [-0.1, -0.05) is 42.5 Å². The van der Waals surface area contributed by atoms with E-state index in [1.807, 2.05) is 42.5 Å². The van der Waals surface area contributed by atoms with Crippen molar-refractivity contribution in [3.8, 4) is 0 Å². The van der Waals surface area contributed by atoms with E-state index in [0.717, 1.165) is 16.3 Å². The van der Waals surface area contributed by atoms with E-state index in [2.05, 4.69) is 0 Å². The summed E-state index contributed by atoms with van der Waals surface area (Å²) in [6.07, 6.45) is -1.85. The Kier molecular flexibility index (Phi) is 2.99. The number of carbonyl (C=O) groups is 1. The second-order valence-corrected chi connectivity index (χ2v) is 3.66. The molecule has 0 bridgehead atoms. The maximum absolute atomic E-state index is 11.3. The first-order chi connectivity index (χ1) is 7.68. The molecule has 0 unspecified atom stereocenters. The molecule has 0 saturated heterocycles. The minimum atomic E-state index is -1.89. The Morgan fingerprint density at radius 2 is 1.75 bits per heavy atom. The summed E-state index contributed by atoms with van der Waals surface area (Å²) >= 11 is 0. The minimum Gasteiger partial charge on any atom is -0.362 e. The monoisotopic (exact) mass is 216 g/mol. The number of hydrogen-bond acceptors (Lipinski definition) is 3. The van der Waals surface area contributed by atoms with Crippen LogP contribution in [0.25, 0.3) is 10.8 Å². The van der Waals surface area contributed by atoms with Gasteiger partial charge in [-0.15, -0.1) is 0 Å². The first kappa shape index (κ1) is 10.8. The van der Waals surface area contributed by atoms with Crippen molar-refractivity contribution in [3.05, 3.63) is 48.0 Å². The number of carbonyl (C=O) groups excluding carboxylic acids is 1. The summed E-state index contributed by atoms with van der Waals surface area (Å²) in [5.41, 5.74) is 0.816. The third-order valence-electron chi connectivity index (χ3n) is 2.53. The lowest BCUT2D eigenvalue weighted by molar-refractivity contribution is -0.144. The van der Waals surface area contributed by atoms with Gasteiger partial charge in [0.25, 0.3) is 0 Å². The standard InChI is InChI=1S/C13H12O3/c14-12(13(15)16)8-10-6-3-5-9-4-1-2-7-11(9)10/h1-7,13,15-16H,8H2. The summed E-state index contributed by atoms with van der Waals surface area (Å²) in [6.45, 7) is 0. The van der Waals surface area contributed by atoms with Crippen molar-refractivity contribution >= 4 is 16.6 Å². The summed E-state index contributed by atoms with van der Waals surface area (Å²) in [5.74, 6) is -0.587. The van der Waals surface area contributed by atoms with Crippen LogP contribution in [0.5, 0.6) is 0 Å². The van der Waals surface area contributed by atoms with Crippen LogP contribution in [-0.4, -0.2) is 22.3 Å². The largest absolute Gasteiger partial charge is 0.362 e. The van der Waals surface area contributed by atoms with E-state index in [1.54, 1.807) is 0 Å². The first-order valence-corrected chi connectivity index (χ1v) is 5.04. The summed E-state index contributed by atoms with van der Waals surface area (Å²) in [6, 6.07) is 13.3. The van der Waals surface area contributed by atoms with Crippen LogP contribution in [0.3, 0.4) is 0 Å². The molecule has 2 aromatic carbocycles. The minimum absolute atomic E-state index is 0.0407. The van der Waals surface area contributed by atoms with Crippen LogP contribution in [0.2, 0.25) is 0 Å². The molecule has 0 fully saturated rings. The number of benzene rings is 2. The third kappa shape index (κ3) is 2.10. The van der Waals surface area contributed by atoms with Crippen LogP contribution in [0.1, 0.15) is 5.56 Å². The Bertz CT molecular complexity index is 512. The number of ketones is 1. The van der Waals surface area contributed by atoms with E-state index >= 15 is 0 Å². The quantitative estimate of drug-likeness (QED) is 0.759. The number of Topliss-reactive ketones (excluding diaryl/α,β-unsaturated/α-hetero) is 1. The van der Waals surface area contributed by atoms with Crippen LogP contribution in [0.15, 0.2) is 42.5 Å². The van der Waals surface area contributed by atoms with E-state index < -0.39 is 12.1 Å². The molecule has 0 heterocycles. The SMILES string of the molecule is O=C(Cc1cccc2ccccc12)C(O)O. The van der Waals surface area contributed by atoms with Gasteiger partial charge in [0, 0.05) is 6.42 Å². The third-order valence-corrected chi connectivity index (χ3v) is 2.53. The summed E-state index contributed by atoms with van der Waals surface area (Å²) in [7, 11) is 0. The highest BCUT2D eigenvalue weighted by atomic mass is 16.5. The Hall–Kier alpha value is -1.71. The van der Waals surface area contributed by atoms with Crippen LogP contribution in [-0.2, 0) is 11.2 Å². The zero-order valence-electron chi connectivity index (χ0n) is 8.63. The van der Waals surface area contributed by atoms with Gasteiger partial charge in [0.15, 0.2) is 5.78 Å². The van der Waals surface area contributed by atoms with E-state index in [4.69, 9.17) is 10.2 Å². The molecule has 2 N–H and O–H groups in total. The fourth-order valence-electron chi connectivity index (χ4n) is 1.73. The van der Waals surface area contributed by atoms with Crippen molar-refractivity contribution < 1.29 is 15.0 Å². The Balaban J connectivity index is 2.41. The molecule has 3 heteroatoms. The summed E-state index contributed by atoms with van der Waals surface area (Å²) < 4.78 is 0. The van der Waals surface area contributed by atoms with Crippen LogP contribution >= 0.6 is 0 Å². The van der Waals surface area contributed by atoms with Crippen LogP contribution in [0.4, 0.5) is 0 Å². The molecule has 2 rings (SSSR count). The van der Waals surface area contributed by atoms with Crippen molar-refractivity contribution in [1.29, 1.82) is 0 Å². The first-order valence-electron chi connectivity index (χ1n) is 5.04. The topological polar surface area (TPSA) is 57.5 Å². The molecular weight excluding hydrogens is 204 g/mol. The molecule has 3 nitrogen and oxygen atoms in total. The molecule has 0 atom stereocenters. The number of hydrogen-bond donors (Lipinski definition) is 2. The second kappa shape index (κ2) is 4.43. The number of fused-ring (bicyclic) bond motifs is 1. The molecule has 16 heavy (non-hydrogen) atoms. The van der Waals surface area contributed by atoms with E-state index in [-0.39, 0.29) is 6.42 Å². The van der Waals surface area contributed by atoms with Crippen LogP contribution < -0.4 is 0 Å². The van der Waals surface area contributed by atoms with Gasteiger partial charge < -0.3 is 10.2 Å². The summed E-state index contributed by atoms with van der Waals surface area (Å²) in [4.78, 5) is 11.3. The zero-order valence-corrected chi connectivity index (χ0v) is 8.63. The van der Waals surface area contributed by atoms with Crippen molar-refractivity contribution in [2.75, 3.05) is 0 Å². The molecule has 0 radical (unpaired) electrons. The molecule has 0 aromatic heterocycles. The van der Waals surface area contributed by atoms with Gasteiger partial charge in [-0.2, -0.15) is 0 Å². The van der Waals surface area contributed by atoms with Crippen LogP contribution in [0, 0.1) is 0 Å². The smallest absolute Gasteiger partial charge is 0.213 e. The highest BCUT2D eigenvalue weighted by Crippen LogP contribution is 2.19. The molecule has 0 saturated carbocycles. The average Bonchev–Trinajstić information content (AvgIpc) is 2.29. The molecule has 0 aliphatic heterocycles. The van der Waals surface area contributed by atoms with E-state index in [1.165, 1.54) is 0 Å². The fourth-order valence-corrected chi connectivity index (χ4v) is 1.73. The van der Waals surface area contributed by atoms with Gasteiger partial charge in [-0.05, 0) is 16.3 Å². The van der Waals surface area contributed by atoms with Gasteiger partial charge in [0.2, 0.25) is 6.29 Å². The Morgan fingerprint density at radius 1 is 1.06 bits per heavy atom. The van der Waals surface area contributed by atoms with E-state index in [9.17, 15) is 4.79 Å². The molecule has 0 amide bonds. The van der Waals surface area contributed by atoms with Crippen molar-refractivity contribution in [2.45, 2.75) is 12.7 Å².